The van der Waals surface area contributed by atoms with Crippen molar-refractivity contribution < 1.29 is 29.0 Å². The Morgan fingerprint density at radius 3 is 2.49 bits per heavy atom. The van der Waals surface area contributed by atoms with E-state index in [0.29, 0.717) is 42.6 Å². The van der Waals surface area contributed by atoms with E-state index in [-0.39, 0.29) is 31.1 Å². The van der Waals surface area contributed by atoms with Gasteiger partial charge in [-0.1, -0.05) is 43.6 Å². The molecule has 9 nitrogen and oxygen atoms in total. The highest BCUT2D eigenvalue weighted by molar-refractivity contribution is 6.30. The number of nitrogens with zero attached hydrogens (tertiary/aromatic N) is 3. The van der Waals surface area contributed by atoms with Crippen LogP contribution in [0.3, 0.4) is 0 Å². The number of carbonyl (C=O) groups is 3. The number of rotatable bonds is 12. The Hall–Kier alpha value is -3.30. The second-order valence-electron chi connectivity index (χ2n) is 9.02. The lowest BCUT2D eigenvalue weighted by Gasteiger charge is -2.34. The second-order valence-corrected chi connectivity index (χ2v) is 9.46. The van der Waals surface area contributed by atoms with Crippen molar-refractivity contribution in [2.45, 2.75) is 32.9 Å². The second kappa shape index (κ2) is 12.8. The van der Waals surface area contributed by atoms with Crippen LogP contribution in [0.1, 0.15) is 37.4 Å². The molecule has 3 amide bonds. The average Bonchev–Trinajstić information content (AvgIpc) is 2.89. The number of benzene rings is 2. The summed E-state index contributed by atoms with van der Waals surface area (Å²) in [6.45, 7) is 5.51. The van der Waals surface area contributed by atoms with E-state index in [0.717, 1.165) is 11.1 Å². The van der Waals surface area contributed by atoms with Crippen molar-refractivity contribution >= 4 is 29.5 Å². The number of carboxylic acids is 1. The molecule has 0 aliphatic carbocycles. The molecule has 2 atom stereocenters. The normalized spacial score (nSPS) is 15.6. The van der Waals surface area contributed by atoms with Crippen LogP contribution in [0.25, 0.3) is 0 Å². The molecular formula is C27H34ClN3O6. The number of carbonyl (C=O) groups excluding carboxylic acids is 2. The van der Waals surface area contributed by atoms with Crippen molar-refractivity contribution in [1.82, 2.24) is 14.7 Å². The highest BCUT2D eigenvalue weighted by atomic mass is 35.5. The van der Waals surface area contributed by atoms with Crippen LogP contribution in [0.4, 0.5) is 4.79 Å². The summed E-state index contributed by atoms with van der Waals surface area (Å²) in [5.74, 6) is -0.731. The first kappa shape index (κ1) is 28.3. The van der Waals surface area contributed by atoms with Crippen molar-refractivity contribution in [3.05, 3.63) is 58.6 Å². The van der Waals surface area contributed by atoms with Crippen molar-refractivity contribution in [2.24, 2.45) is 5.92 Å². The SMILES string of the molecule is CCN(Cc1ccc(OCCN2C(=O)CCN(C)C2=O)c(OC)c1)C(c1ccc(Cl)cc1)C(C)C(=O)O. The molecule has 0 spiro atoms. The number of amides is 3. The topological polar surface area (TPSA) is 99.6 Å². The summed E-state index contributed by atoms with van der Waals surface area (Å²) in [4.78, 5) is 41.1. The molecule has 200 valence electrons. The number of ether oxygens (including phenoxy) is 2. The fourth-order valence-electron chi connectivity index (χ4n) is 4.46. The van der Waals surface area contributed by atoms with Gasteiger partial charge in [0.1, 0.15) is 6.61 Å². The fraction of sp³-hybridized carbons (Fsp3) is 0.444. The van der Waals surface area contributed by atoms with Crippen LogP contribution in [-0.2, 0) is 16.1 Å². The average molecular weight is 532 g/mol. The molecule has 10 heteroatoms. The Morgan fingerprint density at radius 2 is 1.86 bits per heavy atom. The van der Waals surface area contributed by atoms with Gasteiger partial charge in [0.15, 0.2) is 11.5 Å². The summed E-state index contributed by atoms with van der Waals surface area (Å²) in [6, 6.07) is 12.1. The third-order valence-corrected chi connectivity index (χ3v) is 6.83. The molecule has 1 aliphatic heterocycles. The van der Waals surface area contributed by atoms with E-state index in [2.05, 4.69) is 4.90 Å². The van der Waals surface area contributed by atoms with Gasteiger partial charge >= 0.3 is 12.0 Å². The quantitative estimate of drug-likeness (QED) is 0.436. The molecule has 3 rings (SSSR count). The number of carboxylic acid groups (broad SMARTS) is 1. The molecule has 0 aromatic heterocycles. The Bertz CT molecular complexity index is 1110. The zero-order valence-electron chi connectivity index (χ0n) is 21.6. The van der Waals surface area contributed by atoms with Crippen molar-refractivity contribution in [3.8, 4) is 11.5 Å². The van der Waals surface area contributed by atoms with Crippen LogP contribution in [0.2, 0.25) is 5.02 Å². The third kappa shape index (κ3) is 6.93. The van der Waals surface area contributed by atoms with E-state index in [1.54, 1.807) is 39.3 Å². The van der Waals surface area contributed by atoms with Crippen molar-refractivity contribution in [3.63, 3.8) is 0 Å². The first-order chi connectivity index (χ1) is 17.7. The van der Waals surface area contributed by atoms with Gasteiger partial charge in [0.25, 0.3) is 0 Å². The molecule has 2 aromatic rings. The Kier molecular flexibility index (Phi) is 9.77. The lowest BCUT2D eigenvalue weighted by atomic mass is 9.92. The zero-order chi connectivity index (χ0) is 27.1. The van der Waals surface area contributed by atoms with Crippen LogP contribution >= 0.6 is 11.6 Å². The molecule has 1 saturated heterocycles. The van der Waals surface area contributed by atoms with Crippen molar-refractivity contribution in [2.75, 3.05) is 40.4 Å². The minimum absolute atomic E-state index is 0.136. The van der Waals surface area contributed by atoms with Gasteiger partial charge in [-0.2, -0.15) is 0 Å². The van der Waals surface area contributed by atoms with Gasteiger partial charge < -0.3 is 19.5 Å². The molecule has 0 radical (unpaired) electrons. The summed E-state index contributed by atoms with van der Waals surface area (Å²) < 4.78 is 11.4. The standard InChI is InChI=1S/C27H34ClN3O6/c1-5-30(25(18(2)26(33)34)20-7-9-21(28)10-8-20)17-19-6-11-22(23(16-19)36-4)37-15-14-31-24(32)12-13-29(3)27(31)35/h6-11,16,18,25H,5,12-15,17H2,1-4H3,(H,33,34). The van der Waals surface area contributed by atoms with Crippen LogP contribution < -0.4 is 9.47 Å². The molecule has 1 aliphatic rings. The summed E-state index contributed by atoms with van der Waals surface area (Å²) in [5.41, 5.74) is 1.80. The highest BCUT2D eigenvalue weighted by Crippen LogP contribution is 2.33. The first-order valence-electron chi connectivity index (χ1n) is 12.2. The number of aliphatic carboxylic acids is 1. The molecular weight excluding hydrogens is 498 g/mol. The van der Waals surface area contributed by atoms with Gasteiger partial charge in [-0.3, -0.25) is 19.4 Å². The lowest BCUT2D eigenvalue weighted by Crippen LogP contribution is -2.51. The summed E-state index contributed by atoms with van der Waals surface area (Å²) >= 11 is 6.06. The molecule has 1 N–H and O–H groups in total. The van der Waals surface area contributed by atoms with Gasteiger partial charge in [-0.15, -0.1) is 0 Å². The van der Waals surface area contributed by atoms with E-state index in [4.69, 9.17) is 21.1 Å². The molecule has 1 heterocycles. The largest absolute Gasteiger partial charge is 0.493 e. The Balaban J connectivity index is 1.73. The number of urea groups is 1. The van der Waals surface area contributed by atoms with Gasteiger partial charge in [0.2, 0.25) is 5.91 Å². The monoisotopic (exact) mass is 531 g/mol. The van der Waals surface area contributed by atoms with Crippen LogP contribution in [0.15, 0.2) is 42.5 Å². The highest BCUT2D eigenvalue weighted by Gasteiger charge is 2.31. The smallest absolute Gasteiger partial charge is 0.326 e. The maximum Gasteiger partial charge on any atom is 0.326 e. The third-order valence-electron chi connectivity index (χ3n) is 6.58. The van der Waals surface area contributed by atoms with Crippen molar-refractivity contribution in [1.29, 1.82) is 0 Å². The molecule has 0 saturated carbocycles. The van der Waals surface area contributed by atoms with Gasteiger partial charge in [0, 0.05) is 37.6 Å². The van der Waals surface area contributed by atoms with Crippen LogP contribution in [0, 0.1) is 5.92 Å². The summed E-state index contributed by atoms with van der Waals surface area (Å²) in [6.07, 6.45) is 0.297. The minimum Gasteiger partial charge on any atom is -0.493 e. The zero-order valence-corrected chi connectivity index (χ0v) is 22.4. The summed E-state index contributed by atoms with van der Waals surface area (Å²) in [5, 5.41) is 10.4. The number of hydrogen-bond donors (Lipinski definition) is 1. The molecule has 0 bridgehead atoms. The van der Waals surface area contributed by atoms with Gasteiger partial charge in [0.05, 0.1) is 19.6 Å². The van der Waals surface area contributed by atoms with E-state index in [9.17, 15) is 19.5 Å². The lowest BCUT2D eigenvalue weighted by molar-refractivity contribution is -0.143. The Labute approximate surface area is 222 Å². The van der Waals surface area contributed by atoms with E-state index < -0.39 is 11.9 Å². The fourth-order valence-corrected chi connectivity index (χ4v) is 4.58. The predicted octanol–water partition coefficient (Wildman–Crippen LogP) is 4.30. The van der Waals surface area contributed by atoms with Crippen LogP contribution in [0.5, 0.6) is 11.5 Å². The number of imide groups is 1. The van der Waals surface area contributed by atoms with E-state index in [1.165, 1.54) is 9.80 Å². The number of hydrogen-bond acceptors (Lipinski definition) is 6. The minimum atomic E-state index is -0.878. The molecule has 37 heavy (non-hydrogen) atoms. The first-order valence-corrected chi connectivity index (χ1v) is 12.6. The predicted molar refractivity (Wildman–Crippen MR) is 140 cm³/mol. The van der Waals surface area contributed by atoms with E-state index in [1.807, 2.05) is 31.2 Å². The maximum atomic E-state index is 12.2. The summed E-state index contributed by atoms with van der Waals surface area (Å²) in [7, 11) is 3.21. The van der Waals surface area contributed by atoms with Gasteiger partial charge in [-0.05, 0) is 41.9 Å². The molecule has 1 fully saturated rings. The van der Waals surface area contributed by atoms with Gasteiger partial charge in [-0.25, -0.2) is 4.79 Å². The molecule has 2 unspecified atom stereocenters. The van der Waals surface area contributed by atoms with Crippen LogP contribution in [-0.4, -0.2) is 78.1 Å². The number of methoxy groups -OCH3 is 1. The van der Waals surface area contributed by atoms with E-state index >= 15 is 0 Å². The Morgan fingerprint density at radius 1 is 1.16 bits per heavy atom. The number of halogens is 1. The molecule has 2 aromatic carbocycles. The maximum absolute atomic E-state index is 12.2.